The first kappa shape index (κ1) is 23.8. The molecule has 0 saturated heterocycles. The number of aromatic amines is 1. The molecule has 8 heteroatoms. The Morgan fingerprint density at radius 3 is 2.43 bits per heavy atom. The molecule has 0 aliphatic carbocycles. The maximum atomic E-state index is 13.5. The summed E-state index contributed by atoms with van der Waals surface area (Å²) in [6.45, 7) is 1.93. The molecule has 0 fully saturated rings. The van der Waals surface area contributed by atoms with Gasteiger partial charge in [0.05, 0.1) is 18.5 Å². The minimum Gasteiger partial charge on any atom is -0.495 e. The number of hydrogen-bond donors (Lipinski definition) is 2. The number of nitrogens with zero attached hydrogens (tertiary/aromatic N) is 2. The second-order valence-corrected chi connectivity index (χ2v) is 8.77. The molecule has 2 N–H and O–H groups in total. The maximum Gasteiger partial charge on any atom is 0.270 e. The van der Waals surface area contributed by atoms with E-state index in [1.807, 2.05) is 73.7 Å². The van der Waals surface area contributed by atoms with Crippen molar-refractivity contribution in [3.8, 4) is 23.1 Å². The maximum absolute atomic E-state index is 13.5. The number of amides is 1. The molecule has 0 unspecified atom stereocenters. The van der Waals surface area contributed by atoms with Crippen molar-refractivity contribution in [3.63, 3.8) is 0 Å². The molecule has 1 atom stereocenters. The number of rotatable bonds is 7. The summed E-state index contributed by atoms with van der Waals surface area (Å²) in [6.07, 6.45) is 0. The Kier molecular flexibility index (Phi) is 7.29. The molecule has 0 radical (unpaired) electrons. The van der Waals surface area contributed by atoms with Crippen molar-refractivity contribution in [2.45, 2.75) is 17.3 Å². The monoisotopic (exact) mass is 482 g/mol. The summed E-state index contributed by atoms with van der Waals surface area (Å²) in [5.74, 6) is 0.232. The molecule has 0 aliphatic heterocycles. The third-order valence-electron chi connectivity index (χ3n) is 5.24. The Bertz CT molecular complexity index is 1450. The van der Waals surface area contributed by atoms with Crippen molar-refractivity contribution in [2.24, 2.45) is 0 Å². The number of hydrogen-bond acceptors (Lipinski definition) is 6. The van der Waals surface area contributed by atoms with Crippen LogP contribution in [0.1, 0.15) is 21.9 Å². The lowest BCUT2D eigenvalue weighted by Gasteiger charge is -2.18. The average molecular weight is 483 g/mol. The largest absolute Gasteiger partial charge is 0.495 e. The van der Waals surface area contributed by atoms with Gasteiger partial charge < -0.3 is 15.0 Å². The molecule has 0 spiro atoms. The highest BCUT2D eigenvalue weighted by Crippen LogP contribution is 2.36. The van der Waals surface area contributed by atoms with Gasteiger partial charge in [-0.3, -0.25) is 9.59 Å². The summed E-state index contributed by atoms with van der Waals surface area (Å²) >= 11 is 1.10. The molecule has 4 rings (SSSR count). The van der Waals surface area contributed by atoms with Crippen molar-refractivity contribution in [1.82, 2.24) is 9.97 Å². The number of anilines is 1. The van der Waals surface area contributed by atoms with Gasteiger partial charge >= 0.3 is 0 Å². The second-order valence-electron chi connectivity index (χ2n) is 7.67. The summed E-state index contributed by atoms with van der Waals surface area (Å²) < 4.78 is 5.40. The molecule has 35 heavy (non-hydrogen) atoms. The number of benzene rings is 3. The van der Waals surface area contributed by atoms with Crippen molar-refractivity contribution < 1.29 is 9.53 Å². The summed E-state index contributed by atoms with van der Waals surface area (Å²) in [7, 11) is 1.54. The van der Waals surface area contributed by atoms with Gasteiger partial charge in [-0.1, -0.05) is 78.5 Å². The number of methoxy groups -OCH3 is 1. The van der Waals surface area contributed by atoms with E-state index in [1.165, 1.54) is 0 Å². The lowest BCUT2D eigenvalue weighted by Crippen LogP contribution is -2.21. The number of aryl methyl sites for hydroxylation is 1. The first-order valence-corrected chi connectivity index (χ1v) is 11.6. The SMILES string of the molecule is COc1ccc(C)cc1NC(=O)[C@@H](Sc1nc(-c2ccccc2)c(C#N)c(=O)[nH]1)c1ccccc1. The van der Waals surface area contributed by atoms with Crippen LogP contribution in [0.4, 0.5) is 5.69 Å². The zero-order chi connectivity index (χ0) is 24.8. The number of H-pyrrole nitrogens is 1. The van der Waals surface area contributed by atoms with Crippen LogP contribution < -0.4 is 15.6 Å². The van der Waals surface area contributed by atoms with Crippen LogP contribution in [-0.2, 0) is 4.79 Å². The number of aromatic nitrogens is 2. The van der Waals surface area contributed by atoms with E-state index in [2.05, 4.69) is 15.3 Å². The smallest absolute Gasteiger partial charge is 0.270 e. The van der Waals surface area contributed by atoms with Crippen molar-refractivity contribution in [2.75, 3.05) is 12.4 Å². The average Bonchev–Trinajstić information content (AvgIpc) is 2.88. The van der Waals surface area contributed by atoms with Crippen LogP contribution in [0.5, 0.6) is 5.75 Å². The predicted octanol–water partition coefficient (Wildman–Crippen LogP) is 5.10. The van der Waals surface area contributed by atoms with Crippen LogP contribution in [0.15, 0.2) is 88.8 Å². The number of ether oxygens (including phenoxy) is 1. The van der Waals surface area contributed by atoms with E-state index >= 15 is 0 Å². The molecular weight excluding hydrogens is 460 g/mol. The fraction of sp³-hybridized carbons (Fsp3) is 0.111. The van der Waals surface area contributed by atoms with E-state index < -0.39 is 10.8 Å². The fourth-order valence-corrected chi connectivity index (χ4v) is 4.53. The Labute approximate surface area is 206 Å². The van der Waals surface area contributed by atoms with E-state index in [0.717, 1.165) is 22.9 Å². The minimum atomic E-state index is -0.735. The first-order valence-electron chi connectivity index (χ1n) is 10.8. The quantitative estimate of drug-likeness (QED) is 0.280. The third-order valence-corrected chi connectivity index (χ3v) is 6.38. The highest BCUT2D eigenvalue weighted by molar-refractivity contribution is 8.00. The first-order chi connectivity index (χ1) is 17.0. The molecule has 4 aromatic rings. The molecule has 0 aliphatic rings. The van der Waals surface area contributed by atoms with Gasteiger partial charge in [0.25, 0.3) is 5.56 Å². The zero-order valence-electron chi connectivity index (χ0n) is 19.1. The molecule has 0 bridgehead atoms. The van der Waals surface area contributed by atoms with E-state index in [9.17, 15) is 14.9 Å². The van der Waals surface area contributed by atoms with Crippen LogP contribution in [0, 0.1) is 18.3 Å². The zero-order valence-corrected chi connectivity index (χ0v) is 19.9. The number of thioether (sulfide) groups is 1. The van der Waals surface area contributed by atoms with Crippen molar-refractivity contribution in [3.05, 3.63) is 106 Å². The number of carbonyl (C=O) groups excluding carboxylic acids is 1. The van der Waals surface area contributed by atoms with E-state index in [4.69, 9.17) is 4.74 Å². The molecule has 0 saturated carbocycles. The third kappa shape index (κ3) is 5.42. The van der Waals surface area contributed by atoms with Crippen LogP contribution in [-0.4, -0.2) is 23.0 Å². The Balaban J connectivity index is 1.74. The van der Waals surface area contributed by atoms with Gasteiger partial charge in [-0.25, -0.2) is 4.98 Å². The van der Waals surface area contributed by atoms with Gasteiger partial charge in [-0.15, -0.1) is 0 Å². The Morgan fingerprint density at radius 1 is 1.09 bits per heavy atom. The molecule has 1 aromatic heterocycles. The molecule has 3 aromatic carbocycles. The van der Waals surface area contributed by atoms with Crippen molar-refractivity contribution in [1.29, 1.82) is 5.26 Å². The van der Waals surface area contributed by atoms with Crippen LogP contribution in [0.25, 0.3) is 11.3 Å². The van der Waals surface area contributed by atoms with Gasteiger partial charge in [-0.05, 0) is 30.2 Å². The Morgan fingerprint density at radius 2 is 1.77 bits per heavy atom. The minimum absolute atomic E-state index is 0.0780. The number of carbonyl (C=O) groups is 1. The molecular formula is C27H22N4O3S. The summed E-state index contributed by atoms with van der Waals surface area (Å²) in [6, 6.07) is 25.7. The second kappa shape index (κ2) is 10.7. The van der Waals surface area contributed by atoms with Gasteiger partial charge in [-0.2, -0.15) is 5.26 Å². The topological polar surface area (TPSA) is 108 Å². The van der Waals surface area contributed by atoms with Gasteiger partial charge in [0, 0.05) is 5.56 Å². The van der Waals surface area contributed by atoms with Crippen LogP contribution in [0.3, 0.4) is 0 Å². The highest BCUT2D eigenvalue weighted by atomic mass is 32.2. The van der Waals surface area contributed by atoms with E-state index in [-0.39, 0.29) is 22.3 Å². The van der Waals surface area contributed by atoms with Gasteiger partial charge in [0.15, 0.2) is 5.16 Å². The molecule has 1 amide bonds. The van der Waals surface area contributed by atoms with Crippen LogP contribution in [0.2, 0.25) is 0 Å². The predicted molar refractivity (Wildman–Crippen MR) is 136 cm³/mol. The Hall–Kier alpha value is -4.35. The summed E-state index contributed by atoms with van der Waals surface area (Å²) in [5.41, 5.74) is 2.52. The van der Waals surface area contributed by atoms with Crippen LogP contribution >= 0.6 is 11.8 Å². The number of nitrogens with one attached hydrogen (secondary N) is 2. The number of nitriles is 1. The molecule has 1 heterocycles. The lowest BCUT2D eigenvalue weighted by molar-refractivity contribution is -0.115. The standard InChI is InChI=1S/C27H22N4O3S/c1-17-13-14-22(34-2)21(15-17)29-26(33)24(19-11-7-4-8-12-19)35-27-30-23(18-9-5-3-6-10-18)20(16-28)25(32)31-27/h3-15,24H,1-2H3,(H,29,33)(H,30,31,32)/t24-/m0/s1. The summed E-state index contributed by atoms with van der Waals surface area (Å²) in [5, 5.41) is 12.0. The summed E-state index contributed by atoms with van der Waals surface area (Å²) in [4.78, 5) is 33.4. The fourth-order valence-electron chi connectivity index (χ4n) is 3.55. The molecule has 7 nitrogen and oxygen atoms in total. The molecule has 174 valence electrons. The van der Waals surface area contributed by atoms with Gasteiger partial charge in [0.2, 0.25) is 5.91 Å². The van der Waals surface area contributed by atoms with E-state index in [0.29, 0.717) is 17.0 Å². The normalized spacial score (nSPS) is 11.3. The van der Waals surface area contributed by atoms with E-state index in [1.54, 1.807) is 25.3 Å². The van der Waals surface area contributed by atoms with Crippen molar-refractivity contribution >= 4 is 23.4 Å². The van der Waals surface area contributed by atoms with Gasteiger partial charge in [0.1, 0.15) is 22.6 Å². The highest BCUT2D eigenvalue weighted by Gasteiger charge is 2.25. The lowest BCUT2D eigenvalue weighted by atomic mass is 10.1.